The second-order valence-electron chi connectivity index (χ2n) is 6.24. The summed E-state index contributed by atoms with van der Waals surface area (Å²) in [5, 5.41) is 5.87. The Morgan fingerprint density at radius 1 is 0.933 bits per heavy atom. The van der Waals surface area contributed by atoms with Crippen LogP contribution in [0.5, 0.6) is 17.2 Å². The van der Waals surface area contributed by atoms with Crippen LogP contribution in [0.1, 0.15) is 15.9 Å². The number of anilines is 1. The molecule has 3 rings (SSSR count). The normalized spacial score (nSPS) is 10.2. The van der Waals surface area contributed by atoms with E-state index in [-0.39, 0.29) is 5.91 Å². The quantitative estimate of drug-likeness (QED) is 0.498. The van der Waals surface area contributed by atoms with Gasteiger partial charge >= 0.3 is 0 Å². The summed E-state index contributed by atoms with van der Waals surface area (Å²) in [6.45, 7) is 1.24. The Kier molecular flexibility index (Phi) is 7.43. The van der Waals surface area contributed by atoms with Crippen LogP contribution in [0.4, 0.5) is 5.95 Å². The Hall–Kier alpha value is -3.81. The van der Waals surface area contributed by atoms with Gasteiger partial charge in [-0.3, -0.25) is 4.79 Å². The Bertz CT molecular complexity index is 927. The summed E-state index contributed by atoms with van der Waals surface area (Å²) < 4.78 is 16.8. The van der Waals surface area contributed by atoms with Gasteiger partial charge in [-0.05, 0) is 23.8 Å². The number of ether oxygens (including phenoxy) is 3. The summed E-state index contributed by atoms with van der Waals surface area (Å²) in [6, 6.07) is 14.8. The maximum atomic E-state index is 12.6. The van der Waals surface area contributed by atoms with E-state index in [1.807, 2.05) is 30.3 Å². The van der Waals surface area contributed by atoms with Crippen molar-refractivity contribution in [2.75, 3.05) is 32.6 Å². The number of hydrogen-bond donors (Lipinski definition) is 2. The molecular weight excluding hydrogens is 384 g/mol. The Balaban J connectivity index is 1.63. The average molecular weight is 408 g/mol. The minimum atomic E-state index is -0.253. The third-order valence-corrected chi connectivity index (χ3v) is 4.21. The van der Waals surface area contributed by atoms with Crippen molar-refractivity contribution >= 4 is 11.9 Å². The zero-order valence-electron chi connectivity index (χ0n) is 16.9. The van der Waals surface area contributed by atoms with Gasteiger partial charge in [-0.2, -0.15) is 0 Å². The number of aromatic nitrogens is 2. The Labute approximate surface area is 175 Å². The van der Waals surface area contributed by atoms with Crippen LogP contribution in [0.15, 0.2) is 60.9 Å². The van der Waals surface area contributed by atoms with Crippen molar-refractivity contribution in [3.63, 3.8) is 0 Å². The zero-order chi connectivity index (χ0) is 21.2. The van der Waals surface area contributed by atoms with Gasteiger partial charge in [0.1, 0.15) is 6.61 Å². The van der Waals surface area contributed by atoms with Gasteiger partial charge in [-0.1, -0.05) is 30.3 Å². The first kappa shape index (κ1) is 20.9. The lowest BCUT2D eigenvalue weighted by Gasteiger charge is -2.16. The molecule has 1 heterocycles. The van der Waals surface area contributed by atoms with Crippen LogP contribution in [0.25, 0.3) is 0 Å². The van der Waals surface area contributed by atoms with E-state index in [1.165, 1.54) is 14.2 Å². The maximum Gasteiger partial charge on any atom is 0.251 e. The van der Waals surface area contributed by atoms with E-state index in [1.54, 1.807) is 30.6 Å². The number of amides is 1. The van der Waals surface area contributed by atoms with Crippen LogP contribution in [-0.4, -0.2) is 43.2 Å². The van der Waals surface area contributed by atoms with Gasteiger partial charge in [0.15, 0.2) is 11.5 Å². The minimum absolute atomic E-state index is 0.253. The van der Waals surface area contributed by atoms with Crippen molar-refractivity contribution in [1.29, 1.82) is 0 Å². The third kappa shape index (κ3) is 5.60. The van der Waals surface area contributed by atoms with Gasteiger partial charge in [0.05, 0.1) is 14.2 Å². The highest BCUT2D eigenvalue weighted by molar-refractivity contribution is 5.95. The van der Waals surface area contributed by atoms with Gasteiger partial charge in [0, 0.05) is 31.0 Å². The van der Waals surface area contributed by atoms with E-state index in [9.17, 15) is 4.79 Å². The number of methoxy groups -OCH3 is 2. The molecule has 0 radical (unpaired) electrons. The Morgan fingerprint density at radius 3 is 2.23 bits per heavy atom. The first-order valence-corrected chi connectivity index (χ1v) is 9.43. The van der Waals surface area contributed by atoms with Crippen molar-refractivity contribution in [2.45, 2.75) is 6.61 Å². The predicted molar refractivity (Wildman–Crippen MR) is 113 cm³/mol. The van der Waals surface area contributed by atoms with Crippen molar-refractivity contribution in [2.24, 2.45) is 0 Å². The van der Waals surface area contributed by atoms with Crippen molar-refractivity contribution in [3.8, 4) is 17.2 Å². The molecule has 0 atom stereocenters. The van der Waals surface area contributed by atoms with E-state index < -0.39 is 0 Å². The van der Waals surface area contributed by atoms with Crippen LogP contribution < -0.4 is 24.8 Å². The molecule has 8 nitrogen and oxygen atoms in total. The molecule has 0 aliphatic carbocycles. The molecule has 2 N–H and O–H groups in total. The van der Waals surface area contributed by atoms with E-state index in [0.717, 1.165) is 5.56 Å². The molecule has 0 saturated carbocycles. The molecule has 1 amide bonds. The third-order valence-electron chi connectivity index (χ3n) is 4.21. The molecule has 0 spiro atoms. The maximum absolute atomic E-state index is 12.6. The van der Waals surface area contributed by atoms with Crippen LogP contribution in [0, 0.1) is 0 Å². The summed E-state index contributed by atoms with van der Waals surface area (Å²) >= 11 is 0. The summed E-state index contributed by atoms with van der Waals surface area (Å²) in [6.07, 6.45) is 3.29. The minimum Gasteiger partial charge on any atom is -0.493 e. The lowest BCUT2D eigenvalue weighted by molar-refractivity contribution is 0.0954. The molecule has 3 aromatic rings. The topological polar surface area (TPSA) is 94.6 Å². The largest absolute Gasteiger partial charge is 0.493 e. The van der Waals surface area contributed by atoms with Gasteiger partial charge in [-0.25, -0.2) is 9.97 Å². The molecule has 0 aliphatic heterocycles. The van der Waals surface area contributed by atoms with Crippen LogP contribution in [0.2, 0.25) is 0 Å². The lowest BCUT2D eigenvalue weighted by atomic mass is 10.1. The first-order valence-electron chi connectivity index (χ1n) is 9.43. The van der Waals surface area contributed by atoms with Gasteiger partial charge in [-0.15, -0.1) is 0 Å². The predicted octanol–water partition coefficient (Wildman–Crippen LogP) is 2.91. The fourth-order valence-electron chi connectivity index (χ4n) is 2.73. The number of nitrogens with one attached hydrogen (secondary N) is 2. The summed E-state index contributed by atoms with van der Waals surface area (Å²) in [5.74, 6) is 1.55. The zero-order valence-corrected chi connectivity index (χ0v) is 16.9. The van der Waals surface area contributed by atoms with Crippen molar-refractivity contribution < 1.29 is 19.0 Å². The molecular formula is C22H24N4O4. The summed E-state index contributed by atoms with van der Waals surface area (Å²) in [7, 11) is 3.05. The molecule has 2 aromatic carbocycles. The number of rotatable bonds is 10. The van der Waals surface area contributed by atoms with Crippen molar-refractivity contribution in [3.05, 3.63) is 72.1 Å². The van der Waals surface area contributed by atoms with Gasteiger partial charge in [0.2, 0.25) is 11.7 Å². The smallest absolute Gasteiger partial charge is 0.251 e. The van der Waals surface area contributed by atoms with E-state index >= 15 is 0 Å². The molecule has 0 fully saturated rings. The van der Waals surface area contributed by atoms with E-state index in [0.29, 0.717) is 48.5 Å². The molecule has 1 aromatic heterocycles. The highest BCUT2D eigenvalue weighted by atomic mass is 16.5. The second kappa shape index (κ2) is 10.7. The standard InChI is InChI=1S/C22H24N4O4/c1-28-18-13-17(21(27)23-11-12-26-22-24-9-6-10-25-22)14-19(29-2)20(18)30-15-16-7-4-3-5-8-16/h3-10,13-14H,11-12,15H2,1-2H3,(H,23,27)(H,24,25,26). The first-order chi connectivity index (χ1) is 14.7. The lowest BCUT2D eigenvalue weighted by Crippen LogP contribution is -2.29. The second-order valence-corrected chi connectivity index (χ2v) is 6.24. The Morgan fingerprint density at radius 2 is 1.60 bits per heavy atom. The number of nitrogens with zero attached hydrogens (tertiary/aromatic N) is 2. The molecule has 0 saturated heterocycles. The van der Waals surface area contributed by atoms with Gasteiger partial charge in [0.25, 0.3) is 5.91 Å². The highest BCUT2D eigenvalue weighted by Crippen LogP contribution is 2.39. The van der Waals surface area contributed by atoms with E-state index in [4.69, 9.17) is 14.2 Å². The summed E-state index contributed by atoms with van der Waals surface area (Å²) in [5.41, 5.74) is 1.42. The monoisotopic (exact) mass is 408 g/mol. The molecule has 0 bridgehead atoms. The summed E-state index contributed by atoms with van der Waals surface area (Å²) in [4.78, 5) is 20.7. The van der Waals surface area contributed by atoms with Crippen LogP contribution in [0.3, 0.4) is 0 Å². The number of benzene rings is 2. The van der Waals surface area contributed by atoms with Crippen LogP contribution >= 0.6 is 0 Å². The molecule has 30 heavy (non-hydrogen) atoms. The average Bonchev–Trinajstić information content (AvgIpc) is 2.81. The molecule has 0 aliphatic rings. The molecule has 8 heteroatoms. The molecule has 0 unspecified atom stereocenters. The van der Waals surface area contributed by atoms with Crippen LogP contribution in [-0.2, 0) is 6.61 Å². The number of carbonyl (C=O) groups is 1. The number of carbonyl (C=O) groups excluding carboxylic acids is 1. The van der Waals surface area contributed by atoms with Crippen molar-refractivity contribution in [1.82, 2.24) is 15.3 Å². The number of hydrogen-bond acceptors (Lipinski definition) is 7. The van der Waals surface area contributed by atoms with E-state index in [2.05, 4.69) is 20.6 Å². The van der Waals surface area contributed by atoms with Gasteiger partial charge < -0.3 is 24.8 Å². The highest BCUT2D eigenvalue weighted by Gasteiger charge is 2.17. The fraction of sp³-hybridized carbons (Fsp3) is 0.227. The molecule has 156 valence electrons. The fourth-order valence-corrected chi connectivity index (χ4v) is 2.73. The SMILES string of the molecule is COc1cc(C(=O)NCCNc2ncccn2)cc(OC)c1OCc1ccccc1.